The zero-order valence-corrected chi connectivity index (χ0v) is 19.7. The maximum absolute atomic E-state index is 14.5. The minimum absolute atomic E-state index is 0.0622. The highest BCUT2D eigenvalue weighted by molar-refractivity contribution is 6.16. The fraction of sp³-hybridized carbons (Fsp3) is 0.143. The van der Waals surface area contributed by atoms with Crippen LogP contribution >= 0.6 is 0 Å². The van der Waals surface area contributed by atoms with Crippen LogP contribution in [-0.4, -0.2) is 25.4 Å². The van der Waals surface area contributed by atoms with E-state index in [4.69, 9.17) is 23.4 Å². The van der Waals surface area contributed by atoms with E-state index in [1.807, 2.05) is 0 Å². The van der Waals surface area contributed by atoms with E-state index in [1.165, 1.54) is 11.0 Å². The summed E-state index contributed by atoms with van der Waals surface area (Å²) in [5.41, 5.74) is -0.435. The largest absolute Gasteiger partial charge is 0.458 e. The van der Waals surface area contributed by atoms with Crippen molar-refractivity contribution in [2.45, 2.75) is 12.0 Å². The van der Waals surface area contributed by atoms with Gasteiger partial charge in [0.1, 0.15) is 17.3 Å². The third-order valence-corrected chi connectivity index (χ3v) is 6.81. The molecule has 190 valence electrons. The number of carbonyl (C=O) groups is 2. The van der Waals surface area contributed by atoms with Gasteiger partial charge >= 0.3 is 0 Å². The minimum Gasteiger partial charge on any atom is -0.458 e. The molecule has 1 fully saturated rings. The monoisotopic (exact) mass is 514 g/mol. The number of benzene rings is 3. The highest BCUT2D eigenvalue weighted by atomic mass is 19.1. The number of nitrogens with one attached hydrogen (secondary N) is 1. The number of hydrogen-bond acceptors (Lipinski definition) is 7. The quantitative estimate of drug-likeness (QED) is 0.382. The molecule has 2 amide bonds. The Morgan fingerprint density at radius 3 is 2.32 bits per heavy atom. The zero-order chi connectivity index (χ0) is 25.9. The van der Waals surface area contributed by atoms with Crippen LogP contribution in [0.1, 0.15) is 12.2 Å². The Morgan fingerprint density at radius 2 is 1.55 bits per heavy atom. The second-order valence-electron chi connectivity index (χ2n) is 8.97. The fourth-order valence-electron chi connectivity index (χ4n) is 4.95. The normalized spacial score (nSPS) is 18.9. The van der Waals surface area contributed by atoms with Crippen molar-refractivity contribution in [2.24, 2.45) is 0 Å². The Kier molecular flexibility index (Phi) is 4.84. The lowest BCUT2D eigenvalue weighted by molar-refractivity contribution is -0.138. The number of fused-ring (bicyclic) bond motifs is 2. The van der Waals surface area contributed by atoms with Gasteiger partial charge in [0.2, 0.25) is 19.5 Å². The fourth-order valence-corrected chi connectivity index (χ4v) is 4.95. The van der Waals surface area contributed by atoms with Gasteiger partial charge in [-0.2, -0.15) is 0 Å². The number of anilines is 2. The summed E-state index contributed by atoms with van der Waals surface area (Å²) >= 11 is 0. The van der Waals surface area contributed by atoms with Crippen molar-refractivity contribution >= 4 is 23.2 Å². The second kappa shape index (κ2) is 8.27. The molecule has 3 aromatic carbocycles. The Bertz CT molecular complexity index is 1620. The molecule has 3 aliphatic heterocycles. The summed E-state index contributed by atoms with van der Waals surface area (Å²) in [4.78, 5) is 28.5. The van der Waals surface area contributed by atoms with Gasteiger partial charge in [-0.25, -0.2) is 4.39 Å². The lowest BCUT2D eigenvalue weighted by Crippen LogP contribution is -2.67. The van der Waals surface area contributed by atoms with E-state index in [0.717, 1.165) is 0 Å². The molecule has 3 aliphatic rings. The minimum atomic E-state index is -1.55. The van der Waals surface area contributed by atoms with Gasteiger partial charge in [0, 0.05) is 23.5 Å². The van der Waals surface area contributed by atoms with Gasteiger partial charge in [0.25, 0.3) is 5.91 Å². The van der Waals surface area contributed by atoms with Crippen molar-refractivity contribution in [1.29, 1.82) is 0 Å². The maximum Gasteiger partial charge on any atom is 0.259 e. The van der Waals surface area contributed by atoms with Crippen LogP contribution in [0.25, 0.3) is 11.3 Å². The molecule has 4 aromatic rings. The van der Waals surface area contributed by atoms with Crippen molar-refractivity contribution < 1.29 is 37.3 Å². The smallest absolute Gasteiger partial charge is 0.259 e. The van der Waals surface area contributed by atoms with Crippen molar-refractivity contribution in [3.05, 3.63) is 84.4 Å². The summed E-state index contributed by atoms with van der Waals surface area (Å²) in [5.74, 6) is 1.20. The first-order valence-corrected chi connectivity index (χ1v) is 11.8. The lowest BCUT2D eigenvalue weighted by atomic mass is 9.79. The summed E-state index contributed by atoms with van der Waals surface area (Å²) in [5, 5.41) is 2.89. The lowest BCUT2D eigenvalue weighted by Gasteiger charge is -2.48. The highest BCUT2D eigenvalue weighted by Gasteiger charge is 2.61. The SMILES string of the molecule is O=C1CC(C(=O)Nc2ccc3c(c2)OCO3)(c2ccc(-c3ccccc3F)o2)N1c1ccc2c(c1)OCO2. The molecule has 10 heteroatoms. The van der Waals surface area contributed by atoms with E-state index in [0.29, 0.717) is 34.4 Å². The van der Waals surface area contributed by atoms with Crippen LogP contribution in [0.15, 0.2) is 77.2 Å². The van der Waals surface area contributed by atoms with Crippen LogP contribution in [0.5, 0.6) is 23.0 Å². The number of β-lactam (4-membered cyclic amide) rings is 1. The van der Waals surface area contributed by atoms with Crippen LogP contribution in [0, 0.1) is 5.82 Å². The summed E-state index contributed by atoms with van der Waals surface area (Å²) in [6.45, 7) is 0.154. The molecular weight excluding hydrogens is 495 g/mol. The third kappa shape index (κ3) is 3.30. The van der Waals surface area contributed by atoms with Gasteiger partial charge in [0.15, 0.2) is 28.5 Å². The van der Waals surface area contributed by atoms with Crippen molar-refractivity contribution in [1.82, 2.24) is 0 Å². The Hall–Kier alpha value is -4.99. The molecule has 0 spiro atoms. The van der Waals surface area contributed by atoms with Gasteiger partial charge in [-0.3, -0.25) is 14.5 Å². The maximum atomic E-state index is 14.5. The predicted octanol–water partition coefficient (Wildman–Crippen LogP) is 4.81. The Balaban J connectivity index is 1.31. The van der Waals surface area contributed by atoms with E-state index in [1.54, 1.807) is 66.7 Å². The predicted molar refractivity (Wildman–Crippen MR) is 132 cm³/mol. The van der Waals surface area contributed by atoms with Gasteiger partial charge in [-0.1, -0.05) is 12.1 Å². The van der Waals surface area contributed by atoms with Gasteiger partial charge in [0.05, 0.1) is 12.0 Å². The molecule has 0 saturated carbocycles. The molecule has 1 unspecified atom stereocenters. The molecular formula is C28H19FN2O7. The number of halogens is 1. The van der Waals surface area contributed by atoms with E-state index in [9.17, 15) is 14.0 Å². The first kappa shape index (κ1) is 22.2. The van der Waals surface area contributed by atoms with Crippen LogP contribution in [0.2, 0.25) is 0 Å². The summed E-state index contributed by atoms with van der Waals surface area (Å²) in [7, 11) is 0. The van der Waals surface area contributed by atoms with Crippen LogP contribution in [0.4, 0.5) is 15.8 Å². The molecule has 9 nitrogen and oxygen atoms in total. The number of amides is 2. The van der Waals surface area contributed by atoms with E-state index >= 15 is 0 Å². The molecule has 1 saturated heterocycles. The third-order valence-electron chi connectivity index (χ3n) is 6.81. The van der Waals surface area contributed by atoms with E-state index < -0.39 is 17.3 Å². The number of hydrogen-bond donors (Lipinski definition) is 1. The van der Waals surface area contributed by atoms with E-state index in [2.05, 4.69) is 5.32 Å². The molecule has 4 heterocycles. The van der Waals surface area contributed by atoms with Crippen molar-refractivity contribution in [3.63, 3.8) is 0 Å². The molecule has 0 bridgehead atoms. The van der Waals surface area contributed by atoms with Gasteiger partial charge < -0.3 is 28.7 Å². The number of ether oxygens (including phenoxy) is 4. The summed E-state index contributed by atoms with van der Waals surface area (Å²) < 4.78 is 42.3. The number of rotatable bonds is 5. The molecule has 0 radical (unpaired) electrons. The van der Waals surface area contributed by atoms with Crippen molar-refractivity contribution in [2.75, 3.05) is 23.8 Å². The second-order valence-corrected chi connectivity index (χ2v) is 8.97. The number of carbonyl (C=O) groups excluding carboxylic acids is 2. The zero-order valence-electron chi connectivity index (χ0n) is 19.7. The Morgan fingerprint density at radius 1 is 0.842 bits per heavy atom. The average molecular weight is 514 g/mol. The number of furan rings is 1. The average Bonchev–Trinajstić information content (AvgIpc) is 3.67. The Labute approximate surface area is 215 Å². The molecule has 1 aromatic heterocycles. The first-order chi connectivity index (χ1) is 18.5. The van der Waals surface area contributed by atoms with Crippen LogP contribution < -0.4 is 29.2 Å². The molecule has 1 atom stereocenters. The topological polar surface area (TPSA) is 99.5 Å². The highest BCUT2D eigenvalue weighted by Crippen LogP contribution is 2.49. The molecule has 38 heavy (non-hydrogen) atoms. The molecule has 7 rings (SSSR count). The van der Waals surface area contributed by atoms with Crippen LogP contribution in [-0.2, 0) is 15.1 Å². The molecule has 1 N–H and O–H groups in total. The van der Waals surface area contributed by atoms with Crippen LogP contribution in [0.3, 0.4) is 0 Å². The van der Waals surface area contributed by atoms with Gasteiger partial charge in [-0.05, 0) is 48.5 Å². The van der Waals surface area contributed by atoms with Gasteiger partial charge in [-0.15, -0.1) is 0 Å². The summed E-state index contributed by atoms with van der Waals surface area (Å²) in [6.07, 6.45) is -0.165. The first-order valence-electron chi connectivity index (χ1n) is 11.8. The molecule has 0 aliphatic carbocycles. The van der Waals surface area contributed by atoms with Crippen molar-refractivity contribution in [3.8, 4) is 34.3 Å². The standard InChI is InChI=1S/C28H19FN2O7/c29-19-4-2-1-3-18(19)20-9-10-25(38-20)28(27(33)30-16-5-7-21-23(11-16)36-14-34-21)13-26(32)31(28)17-6-8-22-24(12-17)37-15-35-22/h1-12H,13-15H2,(H,30,33). The van der Waals surface area contributed by atoms with E-state index in [-0.39, 0.29) is 43.0 Å². The number of nitrogens with zero attached hydrogens (tertiary/aromatic N) is 1. The summed E-state index contributed by atoms with van der Waals surface area (Å²) in [6, 6.07) is 19.4.